The maximum absolute atomic E-state index is 11.9. The van der Waals surface area contributed by atoms with Crippen molar-refractivity contribution in [3.05, 3.63) is 22.4 Å². The van der Waals surface area contributed by atoms with E-state index in [2.05, 4.69) is 27.0 Å². The maximum atomic E-state index is 11.9. The van der Waals surface area contributed by atoms with Crippen LogP contribution in [0.3, 0.4) is 0 Å². The van der Waals surface area contributed by atoms with Gasteiger partial charge in [0.2, 0.25) is 0 Å². The second-order valence-corrected chi connectivity index (χ2v) is 7.75. The van der Waals surface area contributed by atoms with Crippen molar-refractivity contribution >= 4 is 17.4 Å². The van der Waals surface area contributed by atoms with E-state index in [1.165, 1.54) is 5.56 Å². The Hall–Kier alpha value is -1.11. The van der Waals surface area contributed by atoms with E-state index >= 15 is 0 Å². The molecule has 0 unspecified atom stereocenters. The molecule has 2 saturated heterocycles. The zero-order valence-electron chi connectivity index (χ0n) is 14.1. The summed E-state index contributed by atoms with van der Waals surface area (Å²) in [5.41, 5.74) is 1.37. The molecule has 0 aromatic carbocycles. The predicted molar refractivity (Wildman–Crippen MR) is 92.8 cm³/mol. The Balaban J connectivity index is 1.51. The van der Waals surface area contributed by atoms with E-state index in [-0.39, 0.29) is 17.7 Å². The first-order valence-corrected chi connectivity index (χ1v) is 9.36. The van der Waals surface area contributed by atoms with Crippen LogP contribution in [-0.2, 0) is 11.3 Å². The summed E-state index contributed by atoms with van der Waals surface area (Å²) in [5, 5.41) is 7.50. The monoisotopic (exact) mass is 337 g/mol. The van der Waals surface area contributed by atoms with Crippen LogP contribution in [0.15, 0.2) is 16.8 Å². The smallest absolute Gasteiger partial charge is 0.317 e. The Kier molecular flexibility index (Phi) is 5.24. The molecule has 1 aromatic rings. The number of ether oxygens (including phenoxy) is 1. The highest BCUT2D eigenvalue weighted by Crippen LogP contribution is 2.35. The number of urea groups is 1. The predicted octanol–water partition coefficient (Wildman–Crippen LogP) is 2.53. The molecule has 1 aromatic heterocycles. The molecule has 5 nitrogen and oxygen atoms in total. The van der Waals surface area contributed by atoms with Crippen molar-refractivity contribution in [2.45, 2.75) is 43.9 Å². The molecule has 6 heteroatoms. The average Bonchev–Trinajstić information content (AvgIpc) is 3.03. The van der Waals surface area contributed by atoms with Gasteiger partial charge in [0.15, 0.2) is 0 Å². The summed E-state index contributed by atoms with van der Waals surface area (Å²) >= 11 is 1.76. The summed E-state index contributed by atoms with van der Waals surface area (Å²) in [5.74, 6) is 0. The molecule has 128 valence electrons. The van der Waals surface area contributed by atoms with E-state index in [9.17, 15) is 4.79 Å². The van der Waals surface area contributed by atoms with E-state index in [4.69, 9.17) is 4.74 Å². The minimum absolute atomic E-state index is 0.00180. The van der Waals surface area contributed by atoms with E-state index in [0.717, 1.165) is 51.9 Å². The third kappa shape index (κ3) is 4.25. The lowest BCUT2D eigenvalue weighted by atomic mass is 9.82. The van der Waals surface area contributed by atoms with Gasteiger partial charge in [0.05, 0.1) is 5.60 Å². The average molecular weight is 337 g/mol. The molecule has 0 aliphatic carbocycles. The highest BCUT2D eigenvalue weighted by Gasteiger charge is 2.40. The molecule has 1 spiro atoms. The number of nitrogens with zero attached hydrogens (tertiary/aromatic N) is 2. The van der Waals surface area contributed by atoms with Crippen LogP contribution in [0.2, 0.25) is 0 Å². The summed E-state index contributed by atoms with van der Waals surface area (Å²) in [7, 11) is 3.57. The molecule has 1 atom stereocenters. The SMILES string of the molecule is CN(C)C(=O)N[C@@H]1CCOC2(CCN(Cc3ccsc3)CC2)C1. The number of carbonyl (C=O) groups excluding carboxylic acids is 1. The number of thiophene rings is 1. The standard InChI is InChI=1S/C17H27N3O2S/c1-19(2)16(21)18-15-3-9-22-17(11-15)5-7-20(8-6-17)12-14-4-10-23-13-14/h4,10,13,15H,3,5-9,11-12H2,1-2H3,(H,18,21)/t15-/m1/s1. The zero-order valence-corrected chi connectivity index (χ0v) is 14.9. The maximum Gasteiger partial charge on any atom is 0.317 e. The number of rotatable bonds is 3. The molecule has 1 N–H and O–H groups in total. The third-order valence-electron chi connectivity index (χ3n) is 4.98. The lowest BCUT2D eigenvalue weighted by molar-refractivity contribution is -0.119. The van der Waals surface area contributed by atoms with Crippen LogP contribution in [0.4, 0.5) is 4.79 Å². The number of carbonyl (C=O) groups is 1. The van der Waals surface area contributed by atoms with Crippen LogP contribution in [0.5, 0.6) is 0 Å². The van der Waals surface area contributed by atoms with Gasteiger partial charge in [-0.1, -0.05) is 0 Å². The van der Waals surface area contributed by atoms with Gasteiger partial charge >= 0.3 is 6.03 Å². The molecule has 2 fully saturated rings. The Labute approximate surface area is 142 Å². The Bertz CT molecular complexity index is 510. The van der Waals surface area contributed by atoms with Crippen molar-refractivity contribution in [3.8, 4) is 0 Å². The lowest BCUT2D eigenvalue weighted by Gasteiger charge is -2.46. The molecule has 3 rings (SSSR count). The first kappa shape index (κ1) is 16.7. The van der Waals surface area contributed by atoms with E-state index in [1.54, 1.807) is 30.3 Å². The molecule has 0 saturated carbocycles. The summed E-state index contributed by atoms with van der Waals surface area (Å²) in [6.07, 6.45) is 3.98. The van der Waals surface area contributed by atoms with Crippen LogP contribution < -0.4 is 5.32 Å². The zero-order chi connectivity index (χ0) is 16.3. The fraction of sp³-hybridized carbons (Fsp3) is 0.706. The van der Waals surface area contributed by atoms with Crippen molar-refractivity contribution in [2.24, 2.45) is 0 Å². The van der Waals surface area contributed by atoms with Gasteiger partial charge < -0.3 is 15.0 Å². The van der Waals surface area contributed by atoms with Crippen molar-refractivity contribution in [1.29, 1.82) is 0 Å². The van der Waals surface area contributed by atoms with E-state index in [0.29, 0.717) is 0 Å². The Morgan fingerprint density at radius 1 is 1.48 bits per heavy atom. The fourth-order valence-electron chi connectivity index (χ4n) is 3.56. The molecule has 3 heterocycles. The van der Waals surface area contributed by atoms with Crippen molar-refractivity contribution in [2.75, 3.05) is 33.8 Å². The summed E-state index contributed by atoms with van der Waals surface area (Å²) in [6.45, 7) is 3.94. The number of piperidine rings is 1. The van der Waals surface area contributed by atoms with Gasteiger partial charge in [0.1, 0.15) is 0 Å². The molecular weight excluding hydrogens is 310 g/mol. The van der Waals surface area contributed by atoms with Gasteiger partial charge in [-0.3, -0.25) is 4.90 Å². The van der Waals surface area contributed by atoms with Crippen LogP contribution in [0.25, 0.3) is 0 Å². The number of amides is 2. The van der Waals surface area contributed by atoms with Crippen molar-refractivity contribution < 1.29 is 9.53 Å². The van der Waals surface area contributed by atoms with Crippen LogP contribution in [-0.4, -0.2) is 61.3 Å². The quantitative estimate of drug-likeness (QED) is 0.922. The second-order valence-electron chi connectivity index (χ2n) is 6.97. The first-order chi connectivity index (χ1) is 11.1. The third-order valence-corrected chi connectivity index (χ3v) is 5.71. The molecule has 0 bridgehead atoms. The summed E-state index contributed by atoms with van der Waals surface area (Å²) in [6, 6.07) is 2.45. The van der Waals surface area contributed by atoms with Gasteiger partial charge in [-0.25, -0.2) is 4.79 Å². The van der Waals surface area contributed by atoms with Crippen molar-refractivity contribution in [1.82, 2.24) is 15.1 Å². The van der Waals surface area contributed by atoms with Gasteiger partial charge in [0.25, 0.3) is 0 Å². The van der Waals surface area contributed by atoms with Crippen LogP contribution in [0.1, 0.15) is 31.2 Å². The minimum Gasteiger partial charge on any atom is -0.375 e. The molecule has 0 radical (unpaired) electrons. The summed E-state index contributed by atoms with van der Waals surface area (Å²) in [4.78, 5) is 16.0. The molecule has 2 aliphatic rings. The van der Waals surface area contributed by atoms with Crippen LogP contribution >= 0.6 is 11.3 Å². The van der Waals surface area contributed by atoms with Gasteiger partial charge in [-0.2, -0.15) is 11.3 Å². The largest absolute Gasteiger partial charge is 0.375 e. The minimum atomic E-state index is -0.0341. The highest BCUT2D eigenvalue weighted by molar-refractivity contribution is 7.07. The highest BCUT2D eigenvalue weighted by atomic mass is 32.1. The number of hydrogen-bond donors (Lipinski definition) is 1. The number of hydrogen-bond acceptors (Lipinski definition) is 4. The van der Waals surface area contributed by atoms with Gasteiger partial charge in [-0.15, -0.1) is 0 Å². The topological polar surface area (TPSA) is 44.8 Å². The Morgan fingerprint density at radius 2 is 2.26 bits per heavy atom. The molecule has 2 amide bonds. The molecular formula is C17H27N3O2S. The number of likely N-dealkylation sites (tertiary alicyclic amines) is 1. The van der Waals surface area contributed by atoms with Gasteiger partial charge in [-0.05, 0) is 48.1 Å². The Morgan fingerprint density at radius 3 is 2.91 bits per heavy atom. The fourth-order valence-corrected chi connectivity index (χ4v) is 4.22. The van der Waals surface area contributed by atoms with Crippen molar-refractivity contribution in [3.63, 3.8) is 0 Å². The summed E-state index contributed by atoms with van der Waals surface area (Å²) < 4.78 is 6.17. The molecule has 23 heavy (non-hydrogen) atoms. The first-order valence-electron chi connectivity index (χ1n) is 8.42. The lowest BCUT2D eigenvalue weighted by Crippen LogP contribution is -2.54. The number of nitrogens with one attached hydrogen (secondary N) is 1. The molecule has 2 aliphatic heterocycles. The van der Waals surface area contributed by atoms with E-state index in [1.807, 2.05) is 0 Å². The normalized spacial score (nSPS) is 24.5. The van der Waals surface area contributed by atoms with Crippen LogP contribution in [0, 0.1) is 0 Å². The van der Waals surface area contributed by atoms with E-state index < -0.39 is 0 Å². The van der Waals surface area contributed by atoms with Gasteiger partial charge in [0, 0.05) is 46.4 Å². The second kappa shape index (κ2) is 7.20.